The monoisotopic (exact) mass is 382 g/mol. The summed E-state index contributed by atoms with van der Waals surface area (Å²) in [6, 6.07) is -1.37. The molecule has 27 heavy (non-hydrogen) atoms. The van der Waals surface area contributed by atoms with Crippen molar-refractivity contribution in [3.05, 3.63) is 0 Å². The Morgan fingerprint density at radius 1 is 1.41 bits per heavy atom. The van der Waals surface area contributed by atoms with E-state index < -0.39 is 42.3 Å². The van der Waals surface area contributed by atoms with Gasteiger partial charge in [0.2, 0.25) is 17.8 Å². The minimum Gasteiger partial charge on any atom is -0.481 e. The van der Waals surface area contributed by atoms with Gasteiger partial charge in [0.25, 0.3) is 5.91 Å². The first-order chi connectivity index (χ1) is 12.8. The first kappa shape index (κ1) is 19.9. The summed E-state index contributed by atoms with van der Waals surface area (Å²) in [7, 11) is 0. The highest BCUT2D eigenvalue weighted by molar-refractivity contribution is 6.06. The van der Waals surface area contributed by atoms with Crippen LogP contribution in [0.2, 0.25) is 0 Å². The molecule has 0 spiro atoms. The molecule has 13 heteroatoms. The minimum absolute atomic E-state index is 0.0847. The van der Waals surface area contributed by atoms with Crippen LogP contribution in [0.3, 0.4) is 0 Å². The molecule has 148 valence electrons. The molecule has 2 unspecified atom stereocenters. The topological polar surface area (TPSA) is 195 Å². The van der Waals surface area contributed by atoms with Crippen molar-refractivity contribution in [2.45, 2.75) is 25.8 Å². The van der Waals surface area contributed by atoms with E-state index >= 15 is 0 Å². The van der Waals surface area contributed by atoms with Crippen molar-refractivity contribution >= 4 is 35.7 Å². The number of hydrogen-bond donors (Lipinski definition) is 6. The third-order valence-electron chi connectivity index (χ3n) is 3.89. The molecule has 0 bridgehead atoms. The van der Waals surface area contributed by atoms with E-state index in [0.717, 1.165) is 4.90 Å². The molecule has 2 atom stereocenters. The van der Waals surface area contributed by atoms with Crippen LogP contribution in [0.5, 0.6) is 0 Å². The number of carbonyl (C=O) groups excluding carboxylic acids is 3. The molecule has 1 fully saturated rings. The molecule has 1 aliphatic heterocycles. The van der Waals surface area contributed by atoms with Crippen LogP contribution >= 0.6 is 0 Å². The second kappa shape index (κ2) is 8.82. The first-order valence-corrected chi connectivity index (χ1v) is 8.31. The van der Waals surface area contributed by atoms with Crippen LogP contribution in [0.1, 0.15) is 19.8 Å². The van der Waals surface area contributed by atoms with Gasteiger partial charge in [0.1, 0.15) is 12.6 Å². The summed E-state index contributed by atoms with van der Waals surface area (Å²) >= 11 is 0. The molecule has 0 aromatic carbocycles. The summed E-state index contributed by atoms with van der Waals surface area (Å²) in [4.78, 5) is 51.4. The van der Waals surface area contributed by atoms with E-state index in [1.54, 1.807) is 0 Å². The molecule has 0 aliphatic carbocycles. The largest absolute Gasteiger partial charge is 0.481 e. The zero-order valence-electron chi connectivity index (χ0n) is 14.7. The SMILES string of the molecule is CC(CNC(=O)CN1C(=O)NC(CCCNc2n[nH]c(N)n2)C1=O)C(=O)O. The molecule has 2 heterocycles. The lowest BCUT2D eigenvalue weighted by molar-refractivity contribution is -0.141. The number of rotatable bonds is 10. The van der Waals surface area contributed by atoms with Crippen molar-refractivity contribution in [2.24, 2.45) is 5.92 Å². The van der Waals surface area contributed by atoms with Gasteiger partial charge in [0, 0.05) is 13.1 Å². The van der Waals surface area contributed by atoms with E-state index in [1.165, 1.54) is 6.92 Å². The zero-order valence-corrected chi connectivity index (χ0v) is 14.7. The highest BCUT2D eigenvalue weighted by Gasteiger charge is 2.38. The van der Waals surface area contributed by atoms with Crippen LogP contribution in [-0.4, -0.2) is 74.7 Å². The maximum absolute atomic E-state index is 12.3. The van der Waals surface area contributed by atoms with Crippen LogP contribution in [0.25, 0.3) is 0 Å². The first-order valence-electron chi connectivity index (χ1n) is 8.31. The second-order valence-electron chi connectivity index (χ2n) is 6.08. The Bertz CT molecular complexity index is 720. The number of nitrogens with two attached hydrogens (primary N) is 1. The van der Waals surface area contributed by atoms with E-state index in [0.29, 0.717) is 25.3 Å². The number of nitrogens with one attached hydrogen (secondary N) is 4. The molecule has 1 saturated heterocycles. The maximum atomic E-state index is 12.3. The molecule has 2 rings (SSSR count). The van der Waals surface area contributed by atoms with Crippen molar-refractivity contribution in [2.75, 3.05) is 30.7 Å². The Kier molecular flexibility index (Phi) is 6.51. The fourth-order valence-electron chi connectivity index (χ4n) is 2.34. The molecule has 1 aliphatic rings. The van der Waals surface area contributed by atoms with Crippen molar-refractivity contribution in [1.29, 1.82) is 0 Å². The van der Waals surface area contributed by atoms with E-state index in [9.17, 15) is 19.2 Å². The summed E-state index contributed by atoms with van der Waals surface area (Å²) in [6.07, 6.45) is 0.910. The number of aromatic amines is 1. The Morgan fingerprint density at radius 3 is 2.78 bits per heavy atom. The lowest BCUT2D eigenvalue weighted by Crippen LogP contribution is -2.42. The van der Waals surface area contributed by atoms with Gasteiger partial charge in [-0.1, -0.05) is 6.92 Å². The lowest BCUT2D eigenvalue weighted by Gasteiger charge is -2.14. The quantitative estimate of drug-likeness (QED) is 0.202. The fourth-order valence-corrected chi connectivity index (χ4v) is 2.34. The fraction of sp³-hybridized carbons (Fsp3) is 0.571. The number of aromatic nitrogens is 3. The Balaban J connectivity index is 1.73. The van der Waals surface area contributed by atoms with E-state index in [4.69, 9.17) is 10.8 Å². The molecule has 13 nitrogen and oxygen atoms in total. The van der Waals surface area contributed by atoms with Crippen LogP contribution in [0, 0.1) is 5.92 Å². The molecule has 1 aromatic heterocycles. The predicted octanol–water partition coefficient (Wildman–Crippen LogP) is -1.66. The number of nitrogens with zero attached hydrogens (tertiary/aromatic N) is 3. The van der Waals surface area contributed by atoms with Gasteiger partial charge in [-0.05, 0) is 12.8 Å². The van der Waals surface area contributed by atoms with Crippen LogP contribution < -0.4 is 21.7 Å². The summed E-state index contributed by atoms with van der Waals surface area (Å²) in [5.41, 5.74) is 5.40. The molecule has 1 aromatic rings. The Hall–Kier alpha value is -3.38. The van der Waals surface area contributed by atoms with E-state index in [2.05, 4.69) is 31.1 Å². The highest BCUT2D eigenvalue weighted by Crippen LogP contribution is 2.11. The number of aliphatic carboxylic acids is 1. The van der Waals surface area contributed by atoms with Gasteiger partial charge < -0.3 is 26.8 Å². The summed E-state index contributed by atoms with van der Waals surface area (Å²) in [6.45, 7) is 1.36. The van der Waals surface area contributed by atoms with Gasteiger partial charge >= 0.3 is 12.0 Å². The third kappa shape index (κ3) is 5.55. The second-order valence-corrected chi connectivity index (χ2v) is 6.08. The van der Waals surface area contributed by atoms with E-state index in [-0.39, 0.29) is 12.5 Å². The number of nitrogen functional groups attached to an aromatic ring is 1. The molecule has 0 saturated carbocycles. The average Bonchev–Trinajstić information content (AvgIpc) is 3.14. The number of urea groups is 1. The average molecular weight is 382 g/mol. The molecule has 7 N–H and O–H groups in total. The highest BCUT2D eigenvalue weighted by atomic mass is 16.4. The maximum Gasteiger partial charge on any atom is 0.325 e. The van der Waals surface area contributed by atoms with Gasteiger partial charge in [-0.15, -0.1) is 5.10 Å². The summed E-state index contributed by atoms with van der Waals surface area (Å²) in [5.74, 6) is -2.39. The Morgan fingerprint density at radius 2 is 2.15 bits per heavy atom. The molecular weight excluding hydrogens is 360 g/mol. The van der Waals surface area contributed by atoms with Gasteiger partial charge in [-0.3, -0.25) is 19.3 Å². The number of carboxylic acid groups (broad SMARTS) is 1. The van der Waals surface area contributed by atoms with Gasteiger partial charge in [-0.25, -0.2) is 9.89 Å². The normalized spacial score (nSPS) is 17.5. The third-order valence-corrected chi connectivity index (χ3v) is 3.89. The number of hydrogen-bond acceptors (Lipinski definition) is 8. The predicted molar refractivity (Wildman–Crippen MR) is 92.4 cm³/mol. The Labute approximate surface area is 154 Å². The summed E-state index contributed by atoms with van der Waals surface area (Å²) < 4.78 is 0. The molecule has 0 radical (unpaired) electrons. The smallest absolute Gasteiger partial charge is 0.325 e. The van der Waals surface area contributed by atoms with Crippen molar-refractivity contribution < 1.29 is 24.3 Å². The number of imide groups is 1. The van der Waals surface area contributed by atoms with Gasteiger partial charge in [0.15, 0.2) is 0 Å². The van der Waals surface area contributed by atoms with Crippen molar-refractivity contribution in [3.63, 3.8) is 0 Å². The van der Waals surface area contributed by atoms with Crippen molar-refractivity contribution in [3.8, 4) is 0 Å². The standard InChI is InChI=1S/C14H22N8O5/c1-7(11(25)26)5-17-9(23)6-22-10(24)8(18-14(22)27)3-2-4-16-13-19-12(15)20-21-13/h7-8H,2-6H2,1H3,(H,17,23)(H,18,27)(H,25,26)(H4,15,16,19,20,21). The summed E-state index contributed by atoms with van der Waals surface area (Å²) in [5, 5.41) is 22.9. The number of amides is 4. The zero-order chi connectivity index (χ0) is 20.0. The number of H-pyrrole nitrogens is 1. The molecule has 4 amide bonds. The minimum atomic E-state index is -1.05. The van der Waals surface area contributed by atoms with Crippen molar-refractivity contribution in [1.82, 2.24) is 30.7 Å². The van der Waals surface area contributed by atoms with E-state index in [1.807, 2.05) is 0 Å². The van der Waals surface area contributed by atoms with Crippen LogP contribution in [0.15, 0.2) is 0 Å². The van der Waals surface area contributed by atoms with Gasteiger partial charge in [0.05, 0.1) is 5.92 Å². The van der Waals surface area contributed by atoms with Gasteiger partial charge in [-0.2, -0.15) is 4.98 Å². The van der Waals surface area contributed by atoms with Crippen LogP contribution in [-0.2, 0) is 14.4 Å². The lowest BCUT2D eigenvalue weighted by atomic mass is 10.1. The molecular formula is C14H22N8O5. The number of carbonyl (C=O) groups is 4. The van der Waals surface area contributed by atoms with Crippen LogP contribution in [0.4, 0.5) is 16.7 Å². The number of anilines is 2. The number of carboxylic acids is 1.